The number of benzene rings is 1. The monoisotopic (exact) mass is 368 g/mol. The van der Waals surface area contributed by atoms with E-state index in [1.807, 2.05) is 28.8 Å². The zero-order valence-corrected chi connectivity index (χ0v) is 12.8. The van der Waals surface area contributed by atoms with Crippen LogP contribution in [-0.4, -0.2) is 11.7 Å². The normalized spacial score (nSPS) is 10.1. The van der Waals surface area contributed by atoms with Gasteiger partial charge in [0.05, 0.1) is 17.4 Å². The van der Waals surface area contributed by atoms with Crippen molar-refractivity contribution >= 4 is 31.9 Å². The second-order valence-corrected chi connectivity index (χ2v) is 4.99. The smallest absolute Gasteiger partial charge is 0.125 e. The standard InChI is InChI=1S/C13H10Br2N2O/c1-18-12-6-10(3-2-9(12)7-14)17-11(8-16)4-5-13(17)15/h2-6H,7H2,1H3. The summed E-state index contributed by atoms with van der Waals surface area (Å²) in [6.07, 6.45) is 0. The maximum atomic E-state index is 9.09. The minimum atomic E-state index is 0.579. The van der Waals surface area contributed by atoms with E-state index in [0.717, 1.165) is 26.9 Å². The predicted octanol–water partition coefficient (Wildman–Crippen LogP) is 4.01. The molecular formula is C13H10Br2N2O. The zero-order chi connectivity index (χ0) is 13.1. The first-order valence-corrected chi connectivity index (χ1v) is 7.13. The number of ether oxygens (including phenoxy) is 1. The minimum Gasteiger partial charge on any atom is -0.496 e. The summed E-state index contributed by atoms with van der Waals surface area (Å²) in [5, 5.41) is 9.82. The molecule has 0 N–H and O–H groups in total. The van der Waals surface area contributed by atoms with E-state index in [4.69, 9.17) is 10.00 Å². The number of nitrogens with zero attached hydrogens (tertiary/aromatic N) is 2. The summed E-state index contributed by atoms with van der Waals surface area (Å²) in [6.45, 7) is 0. The number of hydrogen-bond donors (Lipinski definition) is 0. The fourth-order valence-corrected chi connectivity index (χ4v) is 2.74. The van der Waals surface area contributed by atoms with Gasteiger partial charge in [0.2, 0.25) is 0 Å². The van der Waals surface area contributed by atoms with Gasteiger partial charge in [0.15, 0.2) is 0 Å². The molecule has 1 heterocycles. The van der Waals surface area contributed by atoms with Crippen molar-refractivity contribution in [3.8, 4) is 17.5 Å². The molecule has 0 bridgehead atoms. The van der Waals surface area contributed by atoms with Crippen molar-refractivity contribution < 1.29 is 4.74 Å². The van der Waals surface area contributed by atoms with Crippen LogP contribution in [0.2, 0.25) is 0 Å². The Balaban J connectivity index is 2.58. The number of alkyl halides is 1. The quantitative estimate of drug-likeness (QED) is 0.766. The summed E-state index contributed by atoms with van der Waals surface area (Å²) in [5.74, 6) is 0.800. The number of hydrogen-bond acceptors (Lipinski definition) is 2. The van der Waals surface area contributed by atoms with Crippen LogP contribution in [0.25, 0.3) is 5.69 Å². The largest absolute Gasteiger partial charge is 0.496 e. The lowest BCUT2D eigenvalue weighted by molar-refractivity contribution is 0.411. The van der Waals surface area contributed by atoms with Gasteiger partial charge in [0.25, 0.3) is 0 Å². The summed E-state index contributed by atoms with van der Waals surface area (Å²) >= 11 is 6.86. The summed E-state index contributed by atoms with van der Waals surface area (Å²) in [7, 11) is 1.64. The fourth-order valence-electron chi connectivity index (χ4n) is 1.74. The highest BCUT2D eigenvalue weighted by Gasteiger charge is 2.10. The third kappa shape index (κ3) is 2.31. The maximum absolute atomic E-state index is 9.09. The van der Waals surface area contributed by atoms with Gasteiger partial charge in [-0.1, -0.05) is 22.0 Å². The van der Waals surface area contributed by atoms with E-state index < -0.39 is 0 Å². The Bertz CT molecular complexity index is 614. The van der Waals surface area contributed by atoms with Crippen LogP contribution in [0.15, 0.2) is 34.9 Å². The summed E-state index contributed by atoms with van der Waals surface area (Å²) < 4.78 is 8.02. The Morgan fingerprint density at radius 2 is 2.11 bits per heavy atom. The summed E-state index contributed by atoms with van der Waals surface area (Å²) in [6, 6.07) is 11.7. The van der Waals surface area contributed by atoms with E-state index in [1.54, 1.807) is 13.2 Å². The fraction of sp³-hybridized carbons (Fsp3) is 0.154. The third-order valence-corrected chi connectivity index (χ3v) is 3.84. The van der Waals surface area contributed by atoms with Crippen LogP contribution >= 0.6 is 31.9 Å². The molecule has 0 aliphatic carbocycles. The Labute approximate surface area is 122 Å². The van der Waals surface area contributed by atoms with Gasteiger partial charge in [0.1, 0.15) is 17.5 Å². The molecular weight excluding hydrogens is 360 g/mol. The molecule has 1 aromatic carbocycles. The van der Waals surface area contributed by atoms with Crippen LogP contribution in [0.1, 0.15) is 11.3 Å². The first-order chi connectivity index (χ1) is 8.71. The van der Waals surface area contributed by atoms with Crippen molar-refractivity contribution in [2.75, 3.05) is 7.11 Å². The average Bonchev–Trinajstić information content (AvgIpc) is 2.79. The molecule has 5 heteroatoms. The van der Waals surface area contributed by atoms with E-state index in [0.29, 0.717) is 5.69 Å². The van der Waals surface area contributed by atoms with Crippen LogP contribution in [0.5, 0.6) is 5.75 Å². The average molecular weight is 370 g/mol. The van der Waals surface area contributed by atoms with Crippen molar-refractivity contribution in [1.82, 2.24) is 4.57 Å². The van der Waals surface area contributed by atoms with Crippen molar-refractivity contribution in [3.63, 3.8) is 0 Å². The molecule has 0 radical (unpaired) electrons. The van der Waals surface area contributed by atoms with E-state index >= 15 is 0 Å². The Morgan fingerprint density at radius 3 is 2.72 bits per heavy atom. The maximum Gasteiger partial charge on any atom is 0.125 e. The second kappa shape index (κ2) is 5.59. The molecule has 0 aliphatic heterocycles. The minimum absolute atomic E-state index is 0.579. The van der Waals surface area contributed by atoms with Gasteiger partial charge in [-0.25, -0.2) is 0 Å². The molecule has 0 saturated heterocycles. The van der Waals surface area contributed by atoms with Gasteiger partial charge in [-0.15, -0.1) is 0 Å². The zero-order valence-electron chi connectivity index (χ0n) is 9.65. The molecule has 0 aliphatic rings. The Hall–Kier alpha value is -1.25. The SMILES string of the molecule is COc1cc(-n2c(Br)ccc2C#N)ccc1CBr. The molecule has 18 heavy (non-hydrogen) atoms. The molecule has 2 rings (SSSR count). The van der Waals surface area contributed by atoms with Gasteiger partial charge in [-0.2, -0.15) is 5.26 Å². The highest BCUT2D eigenvalue weighted by Crippen LogP contribution is 2.28. The first kappa shape index (κ1) is 13.2. The molecule has 0 amide bonds. The number of aromatic nitrogens is 1. The lowest BCUT2D eigenvalue weighted by Gasteiger charge is -2.11. The number of rotatable bonds is 3. The van der Waals surface area contributed by atoms with Crippen LogP contribution in [0.4, 0.5) is 0 Å². The number of halogens is 2. The molecule has 0 atom stereocenters. The van der Waals surface area contributed by atoms with Crippen LogP contribution in [-0.2, 0) is 5.33 Å². The Morgan fingerprint density at radius 1 is 1.33 bits per heavy atom. The van der Waals surface area contributed by atoms with Gasteiger partial charge >= 0.3 is 0 Å². The van der Waals surface area contributed by atoms with Crippen LogP contribution in [0.3, 0.4) is 0 Å². The van der Waals surface area contributed by atoms with Crippen molar-refractivity contribution in [1.29, 1.82) is 5.26 Å². The highest BCUT2D eigenvalue weighted by molar-refractivity contribution is 9.10. The molecule has 0 spiro atoms. The van der Waals surface area contributed by atoms with Crippen LogP contribution < -0.4 is 4.74 Å². The third-order valence-electron chi connectivity index (χ3n) is 2.62. The molecule has 0 fully saturated rings. The van der Waals surface area contributed by atoms with Gasteiger partial charge in [-0.3, -0.25) is 4.57 Å². The number of nitriles is 1. The van der Waals surface area contributed by atoms with Crippen molar-refractivity contribution in [2.45, 2.75) is 5.33 Å². The number of methoxy groups -OCH3 is 1. The van der Waals surface area contributed by atoms with Gasteiger partial charge < -0.3 is 4.74 Å². The van der Waals surface area contributed by atoms with Crippen LogP contribution in [0, 0.1) is 11.3 Å². The van der Waals surface area contributed by atoms with E-state index in [9.17, 15) is 0 Å². The van der Waals surface area contributed by atoms with E-state index in [2.05, 4.69) is 37.9 Å². The molecule has 0 saturated carbocycles. The molecule has 0 unspecified atom stereocenters. The van der Waals surface area contributed by atoms with Crippen molar-refractivity contribution in [3.05, 3.63) is 46.2 Å². The summed E-state index contributed by atoms with van der Waals surface area (Å²) in [4.78, 5) is 0. The van der Waals surface area contributed by atoms with Gasteiger partial charge in [0, 0.05) is 17.0 Å². The van der Waals surface area contributed by atoms with Gasteiger partial charge in [-0.05, 0) is 34.1 Å². The molecule has 3 nitrogen and oxygen atoms in total. The topological polar surface area (TPSA) is 38.0 Å². The molecule has 92 valence electrons. The predicted molar refractivity (Wildman–Crippen MR) is 77.4 cm³/mol. The first-order valence-electron chi connectivity index (χ1n) is 5.22. The lowest BCUT2D eigenvalue weighted by Crippen LogP contribution is -1.99. The van der Waals surface area contributed by atoms with E-state index in [-0.39, 0.29) is 0 Å². The summed E-state index contributed by atoms with van der Waals surface area (Å²) in [5.41, 5.74) is 2.54. The highest BCUT2D eigenvalue weighted by atomic mass is 79.9. The molecule has 1 aromatic heterocycles. The van der Waals surface area contributed by atoms with E-state index in [1.165, 1.54) is 0 Å². The second-order valence-electron chi connectivity index (χ2n) is 3.62. The Kier molecular flexibility index (Phi) is 4.10. The molecule has 2 aromatic rings. The van der Waals surface area contributed by atoms with Crippen molar-refractivity contribution in [2.24, 2.45) is 0 Å². The lowest BCUT2D eigenvalue weighted by atomic mass is 10.2.